The molecule has 84 valence electrons. The van der Waals surface area contributed by atoms with Crippen molar-refractivity contribution in [2.75, 3.05) is 7.11 Å². The minimum Gasteiger partial charge on any atom is -0.496 e. The summed E-state index contributed by atoms with van der Waals surface area (Å²) in [6, 6.07) is 5.33. The first-order chi connectivity index (χ1) is 7.70. The van der Waals surface area contributed by atoms with E-state index in [0.29, 0.717) is 23.6 Å². The van der Waals surface area contributed by atoms with Crippen LogP contribution in [0.5, 0.6) is 5.75 Å². The number of nitrogens with zero attached hydrogens (tertiary/aromatic N) is 1. The molecule has 0 bridgehead atoms. The van der Waals surface area contributed by atoms with E-state index in [2.05, 4.69) is 10.5 Å². The van der Waals surface area contributed by atoms with Crippen LogP contribution in [0.15, 0.2) is 23.3 Å². The summed E-state index contributed by atoms with van der Waals surface area (Å²) >= 11 is 5.92. The number of hydrazone groups is 1. The second-order valence-electron chi connectivity index (χ2n) is 3.44. The first kappa shape index (κ1) is 11.0. The lowest BCUT2D eigenvalue weighted by Gasteiger charge is -2.14. The predicted octanol–water partition coefficient (Wildman–Crippen LogP) is 1.96. The number of rotatable bonds is 2. The van der Waals surface area contributed by atoms with Gasteiger partial charge in [-0.05, 0) is 18.2 Å². The van der Waals surface area contributed by atoms with E-state index in [1.54, 1.807) is 25.3 Å². The standard InChI is InChI=1S/C11H11ClN2O2/c1-16-10-4-2-7(12)6-8(10)9-3-5-11(15)14-13-9/h2,4,6H,3,5H2,1H3,(H,14,15). The van der Waals surface area contributed by atoms with Crippen LogP contribution in [0.4, 0.5) is 0 Å². The molecule has 0 aliphatic carbocycles. The van der Waals surface area contributed by atoms with Crippen molar-refractivity contribution in [1.29, 1.82) is 0 Å². The van der Waals surface area contributed by atoms with Gasteiger partial charge in [0.2, 0.25) is 5.91 Å². The Morgan fingerprint density at radius 1 is 1.44 bits per heavy atom. The van der Waals surface area contributed by atoms with Crippen LogP contribution in [0, 0.1) is 0 Å². The van der Waals surface area contributed by atoms with E-state index in [-0.39, 0.29) is 5.91 Å². The smallest absolute Gasteiger partial charge is 0.240 e. The van der Waals surface area contributed by atoms with Crippen molar-refractivity contribution in [3.05, 3.63) is 28.8 Å². The molecule has 1 aliphatic rings. The maximum Gasteiger partial charge on any atom is 0.240 e. The molecule has 1 aromatic carbocycles. The van der Waals surface area contributed by atoms with Gasteiger partial charge in [0.15, 0.2) is 0 Å². The molecule has 1 N–H and O–H groups in total. The molecule has 0 aromatic heterocycles. The van der Waals surface area contributed by atoms with Crippen molar-refractivity contribution in [1.82, 2.24) is 5.43 Å². The van der Waals surface area contributed by atoms with Crippen molar-refractivity contribution in [2.24, 2.45) is 5.10 Å². The largest absolute Gasteiger partial charge is 0.496 e. The quantitative estimate of drug-likeness (QED) is 0.856. The molecular formula is C11H11ClN2O2. The number of amides is 1. The minimum atomic E-state index is -0.0651. The molecule has 0 saturated heterocycles. The summed E-state index contributed by atoms with van der Waals surface area (Å²) in [5.74, 6) is 0.643. The molecule has 0 saturated carbocycles. The van der Waals surface area contributed by atoms with Crippen LogP contribution in [0.1, 0.15) is 18.4 Å². The molecule has 5 heteroatoms. The molecule has 1 aliphatic heterocycles. The maximum atomic E-state index is 11.0. The van der Waals surface area contributed by atoms with E-state index in [0.717, 1.165) is 11.3 Å². The van der Waals surface area contributed by atoms with Gasteiger partial charge in [-0.2, -0.15) is 5.10 Å². The summed E-state index contributed by atoms with van der Waals surface area (Å²) in [7, 11) is 1.59. The zero-order valence-electron chi connectivity index (χ0n) is 8.79. The Bertz CT molecular complexity index is 457. The monoisotopic (exact) mass is 238 g/mol. The Morgan fingerprint density at radius 2 is 2.25 bits per heavy atom. The highest BCUT2D eigenvalue weighted by atomic mass is 35.5. The van der Waals surface area contributed by atoms with Crippen LogP contribution >= 0.6 is 11.6 Å². The molecule has 4 nitrogen and oxygen atoms in total. The highest BCUT2D eigenvalue weighted by Gasteiger charge is 2.16. The second kappa shape index (κ2) is 4.53. The summed E-state index contributed by atoms with van der Waals surface area (Å²) in [5.41, 5.74) is 4.07. The summed E-state index contributed by atoms with van der Waals surface area (Å²) in [6.45, 7) is 0. The third-order valence-corrected chi connectivity index (χ3v) is 2.61. The van der Waals surface area contributed by atoms with Crippen LogP contribution < -0.4 is 10.2 Å². The zero-order valence-corrected chi connectivity index (χ0v) is 9.54. The summed E-state index contributed by atoms with van der Waals surface area (Å²) in [6.07, 6.45) is 1.04. The van der Waals surface area contributed by atoms with Gasteiger partial charge in [0.05, 0.1) is 12.8 Å². The summed E-state index contributed by atoms with van der Waals surface area (Å²) < 4.78 is 5.23. The molecule has 0 spiro atoms. The number of nitrogens with one attached hydrogen (secondary N) is 1. The van der Waals surface area contributed by atoms with Crippen LogP contribution in [0.3, 0.4) is 0 Å². The van der Waals surface area contributed by atoms with Gasteiger partial charge in [0.25, 0.3) is 0 Å². The average molecular weight is 239 g/mol. The first-order valence-electron chi connectivity index (χ1n) is 4.90. The maximum absolute atomic E-state index is 11.0. The molecule has 0 radical (unpaired) electrons. The van der Waals surface area contributed by atoms with Gasteiger partial charge in [-0.3, -0.25) is 4.79 Å². The van der Waals surface area contributed by atoms with Crippen LogP contribution in [0.25, 0.3) is 0 Å². The van der Waals surface area contributed by atoms with Crippen molar-refractivity contribution >= 4 is 23.2 Å². The lowest BCUT2D eigenvalue weighted by atomic mass is 10.0. The fourth-order valence-corrected chi connectivity index (χ4v) is 1.75. The summed E-state index contributed by atoms with van der Waals surface area (Å²) in [4.78, 5) is 11.0. The topological polar surface area (TPSA) is 50.7 Å². The average Bonchev–Trinajstić information content (AvgIpc) is 2.30. The Kier molecular flexibility index (Phi) is 3.10. The third kappa shape index (κ3) is 2.17. The highest BCUT2D eigenvalue weighted by molar-refractivity contribution is 6.31. The molecule has 1 amide bonds. The van der Waals surface area contributed by atoms with Gasteiger partial charge in [0, 0.05) is 23.4 Å². The van der Waals surface area contributed by atoms with E-state index in [1.807, 2.05) is 0 Å². The Balaban J connectivity index is 2.39. The van der Waals surface area contributed by atoms with E-state index in [4.69, 9.17) is 16.3 Å². The van der Waals surface area contributed by atoms with Gasteiger partial charge < -0.3 is 4.74 Å². The molecule has 2 rings (SSSR count). The predicted molar refractivity (Wildman–Crippen MR) is 61.9 cm³/mol. The number of carbonyl (C=O) groups is 1. The lowest BCUT2D eigenvalue weighted by molar-refractivity contribution is -0.121. The van der Waals surface area contributed by atoms with E-state index >= 15 is 0 Å². The van der Waals surface area contributed by atoms with Gasteiger partial charge in [-0.25, -0.2) is 5.43 Å². The van der Waals surface area contributed by atoms with Crippen molar-refractivity contribution in [2.45, 2.75) is 12.8 Å². The molecule has 16 heavy (non-hydrogen) atoms. The van der Waals surface area contributed by atoms with Crippen molar-refractivity contribution in [3.8, 4) is 5.75 Å². The zero-order chi connectivity index (χ0) is 11.5. The third-order valence-electron chi connectivity index (χ3n) is 2.38. The van der Waals surface area contributed by atoms with Gasteiger partial charge in [-0.1, -0.05) is 11.6 Å². The molecule has 0 fully saturated rings. The Morgan fingerprint density at radius 3 is 2.88 bits per heavy atom. The number of halogens is 1. The molecular weight excluding hydrogens is 228 g/mol. The Hall–Kier alpha value is -1.55. The minimum absolute atomic E-state index is 0.0651. The van der Waals surface area contributed by atoms with Crippen molar-refractivity contribution < 1.29 is 9.53 Å². The number of hydrogen-bond donors (Lipinski definition) is 1. The summed E-state index contributed by atoms with van der Waals surface area (Å²) in [5, 5.41) is 4.63. The Labute approximate surface area is 98.2 Å². The van der Waals surface area contributed by atoms with E-state index in [1.165, 1.54) is 0 Å². The molecule has 0 unspecified atom stereocenters. The van der Waals surface area contributed by atoms with Gasteiger partial charge in [-0.15, -0.1) is 0 Å². The molecule has 1 heterocycles. The second-order valence-corrected chi connectivity index (χ2v) is 3.87. The number of ether oxygens (including phenoxy) is 1. The van der Waals surface area contributed by atoms with Gasteiger partial charge >= 0.3 is 0 Å². The number of hydrogen-bond acceptors (Lipinski definition) is 3. The SMILES string of the molecule is COc1ccc(Cl)cc1C1=NNC(=O)CC1. The lowest BCUT2D eigenvalue weighted by Crippen LogP contribution is -2.26. The first-order valence-corrected chi connectivity index (χ1v) is 5.28. The van der Waals surface area contributed by atoms with E-state index < -0.39 is 0 Å². The number of methoxy groups -OCH3 is 1. The van der Waals surface area contributed by atoms with E-state index in [9.17, 15) is 4.79 Å². The molecule has 1 aromatic rings. The number of benzene rings is 1. The van der Waals surface area contributed by atoms with Crippen LogP contribution in [-0.2, 0) is 4.79 Å². The van der Waals surface area contributed by atoms with Gasteiger partial charge in [0.1, 0.15) is 5.75 Å². The van der Waals surface area contributed by atoms with Crippen LogP contribution in [0.2, 0.25) is 5.02 Å². The fraction of sp³-hybridized carbons (Fsp3) is 0.273. The normalized spacial score (nSPS) is 15.4. The van der Waals surface area contributed by atoms with Crippen LogP contribution in [-0.4, -0.2) is 18.7 Å². The van der Waals surface area contributed by atoms with Crippen molar-refractivity contribution in [3.63, 3.8) is 0 Å². The highest BCUT2D eigenvalue weighted by Crippen LogP contribution is 2.25. The number of carbonyl (C=O) groups excluding carboxylic acids is 1. The molecule has 0 atom stereocenters. The fourth-order valence-electron chi connectivity index (χ4n) is 1.57.